The molecule has 0 radical (unpaired) electrons. The smallest absolute Gasteiger partial charge is 0.308 e. The third-order valence-electron chi connectivity index (χ3n) is 4.58. The number of nitrogens with one attached hydrogen (secondary N) is 1. The van der Waals surface area contributed by atoms with E-state index in [-0.39, 0.29) is 12.5 Å². The molecule has 5 nitrogen and oxygen atoms in total. The van der Waals surface area contributed by atoms with Crippen molar-refractivity contribution in [2.45, 2.75) is 39.0 Å². The van der Waals surface area contributed by atoms with E-state index in [2.05, 4.69) is 5.32 Å². The van der Waals surface area contributed by atoms with Crippen molar-refractivity contribution < 1.29 is 19.4 Å². The van der Waals surface area contributed by atoms with E-state index in [9.17, 15) is 14.7 Å². The number of benzene rings is 1. The molecular weight excluding hydrogens is 306 g/mol. The van der Waals surface area contributed by atoms with Gasteiger partial charge < -0.3 is 15.2 Å². The average Bonchev–Trinajstić information content (AvgIpc) is 2.57. The number of amides is 1. The molecule has 1 aromatic carbocycles. The van der Waals surface area contributed by atoms with Gasteiger partial charge in [0.05, 0.1) is 5.92 Å². The number of carboxylic acid groups (broad SMARTS) is 1. The Bertz CT molecular complexity index is 552. The van der Waals surface area contributed by atoms with E-state index >= 15 is 0 Å². The summed E-state index contributed by atoms with van der Waals surface area (Å²) in [6.45, 7) is 3.72. The molecule has 0 saturated carbocycles. The van der Waals surface area contributed by atoms with Crippen LogP contribution in [-0.4, -0.2) is 36.7 Å². The summed E-state index contributed by atoms with van der Waals surface area (Å²) in [7, 11) is 0. The van der Waals surface area contributed by atoms with Crippen molar-refractivity contribution in [3.05, 3.63) is 35.4 Å². The third kappa shape index (κ3) is 6.32. The summed E-state index contributed by atoms with van der Waals surface area (Å²) < 4.78 is 5.31. The van der Waals surface area contributed by atoms with Gasteiger partial charge in [-0.05, 0) is 44.1 Å². The number of rotatable bonds is 8. The lowest BCUT2D eigenvalue weighted by atomic mass is 9.94. The largest absolute Gasteiger partial charge is 0.481 e. The summed E-state index contributed by atoms with van der Waals surface area (Å²) in [5.41, 5.74) is 2.09. The summed E-state index contributed by atoms with van der Waals surface area (Å²) in [6.07, 6.45) is 3.76. The van der Waals surface area contributed by atoms with Gasteiger partial charge in [-0.3, -0.25) is 9.59 Å². The summed E-state index contributed by atoms with van der Waals surface area (Å²) in [4.78, 5) is 23.4. The van der Waals surface area contributed by atoms with Crippen molar-refractivity contribution in [2.75, 3.05) is 19.8 Å². The lowest BCUT2D eigenvalue weighted by Gasteiger charge is -2.21. The quantitative estimate of drug-likeness (QED) is 0.767. The Morgan fingerprint density at radius 2 is 2.08 bits per heavy atom. The van der Waals surface area contributed by atoms with Gasteiger partial charge in [-0.25, -0.2) is 0 Å². The third-order valence-corrected chi connectivity index (χ3v) is 4.58. The molecule has 1 aliphatic heterocycles. The normalized spacial score (nSPS) is 16.5. The van der Waals surface area contributed by atoms with Crippen molar-refractivity contribution in [3.63, 3.8) is 0 Å². The highest BCUT2D eigenvalue weighted by Gasteiger charge is 2.20. The van der Waals surface area contributed by atoms with Crippen LogP contribution in [-0.2, 0) is 20.7 Å². The second kappa shape index (κ2) is 9.42. The van der Waals surface area contributed by atoms with Gasteiger partial charge in [-0.2, -0.15) is 0 Å². The monoisotopic (exact) mass is 333 g/mol. The zero-order valence-electron chi connectivity index (χ0n) is 14.3. The molecule has 0 bridgehead atoms. The summed E-state index contributed by atoms with van der Waals surface area (Å²) >= 11 is 0. The molecule has 1 aromatic rings. The molecule has 0 unspecified atom stereocenters. The van der Waals surface area contributed by atoms with Gasteiger partial charge in [0.2, 0.25) is 5.91 Å². The number of aryl methyl sites for hydroxylation is 1. The molecule has 2 rings (SSSR count). The molecule has 0 spiro atoms. The summed E-state index contributed by atoms with van der Waals surface area (Å²) in [5.74, 6) is -0.982. The van der Waals surface area contributed by atoms with E-state index < -0.39 is 11.9 Å². The fraction of sp³-hybridized carbons (Fsp3) is 0.579. The van der Waals surface area contributed by atoms with E-state index in [0.717, 1.165) is 43.6 Å². The van der Waals surface area contributed by atoms with Gasteiger partial charge >= 0.3 is 5.97 Å². The van der Waals surface area contributed by atoms with Crippen LogP contribution in [0.4, 0.5) is 0 Å². The lowest BCUT2D eigenvalue weighted by molar-refractivity contribution is -0.141. The van der Waals surface area contributed by atoms with E-state index in [1.54, 1.807) is 0 Å². The van der Waals surface area contributed by atoms with E-state index in [1.165, 1.54) is 0 Å². The Morgan fingerprint density at radius 1 is 1.33 bits per heavy atom. The fourth-order valence-electron chi connectivity index (χ4n) is 3.07. The fourth-order valence-corrected chi connectivity index (χ4v) is 3.07. The van der Waals surface area contributed by atoms with Crippen LogP contribution in [0.25, 0.3) is 0 Å². The molecule has 1 amide bonds. The average molecular weight is 333 g/mol. The first kappa shape index (κ1) is 18.5. The maximum absolute atomic E-state index is 12.0. The molecule has 5 heteroatoms. The van der Waals surface area contributed by atoms with Gasteiger partial charge in [0.1, 0.15) is 0 Å². The first-order valence-electron chi connectivity index (χ1n) is 8.67. The molecular formula is C19H27NO4. The van der Waals surface area contributed by atoms with E-state index in [1.807, 2.05) is 31.2 Å². The number of carboxylic acids is 1. The minimum Gasteiger partial charge on any atom is -0.481 e. The van der Waals surface area contributed by atoms with E-state index in [4.69, 9.17) is 4.74 Å². The summed E-state index contributed by atoms with van der Waals surface area (Å²) in [6, 6.07) is 7.83. The van der Waals surface area contributed by atoms with Crippen LogP contribution in [0.2, 0.25) is 0 Å². The number of hydrogen-bond donors (Lipinski definition) is 2. The Labute approximate surface area is 143 Å². The Balaban J connectivity index is 1.76. The summed E-state index contributed by atoms with van der Waals surface area (Å²) in [5, 5.41) is 12.2. The Morgan fingerprint density at radius 3 is 2.75 bits per heavy atom. The minimum absolute atomic E-state index is 0.0583. The number of carbonyl (C=O) groups is 2. The number of aliphatic carboxylic acids is 1. The Hall–Kier alpha value is -1.88. The molecule has 1 heterocycles. The van der Waals surface area contributed by atoms with Crippen LogP contribution in [0.3, 0.4) is 0 Å². The molecule has 1 aliphatic rings. The van der Waals surface area contributed by atoms with Crippen LogP contribution in [0.5, 0.6) is 0 Å². The zero-order chi connectivity index (χ0) is 17.4. The van der Waals surface area contributed by atoms with Gasteiger partial charge in [0.25, 0.3) is 0 Å². The first-order chi connectivity index (χ1) is 11.5. The highest BCUT2D eigenvalue weighted by molar-refractivity contribution is 5.77. The van der Waals surface area contributed by atoms with Gasteiger partial charge in [-0.1, -0.05) is 29.8 Å². The van der Waals surface area contributed by atoms with Crippen molar-refractivity contribution in [1.29, 1.82) is 0 Å². The van der Waals surface area contributed by atoms with Crippen LogP contribution >= 0.6 is 0 Å². The van der Waals surface area contributed by atoms with Crippen molar-refractivity contribution >= 4 is 11.9 Å². The highest BCUT2D eigenvalue weighted by atomic mass is 16.5. The predicted molar refractivity (Wildman–Crippen MR) is 91.8 cm³/mol. The number of hydrogen-bond acceptors (Lipinski definition) is 3. The predicted octanol–water partition coefficient (Wildman–Crippen LogP) is 2.56. The molecule has 2 N–H and O–H groups in total. The highest BCUT2D eigenvalue weighted by Crippen LogP contribution is 2.19. The minimum atomic E-state index is -0.874. The van der Waals surface area contributed by atoms with Crippen molar-refractivity contribution in [1.82, 2.24) is 5.32 Å². The van der Waals surface area contributed by atoms with Gasteiger partial charge in [-0.15, -0.1) is 0 Å². The number of ether oxygens (including phenoxy) is 1. The molecule has 1 atom stereocenters. The van der Waals surface area contributed by atoms with Gasteiger partial charge in [0.15, 0.2) is 0 Å². The molecule has 132 valence electrons. The maximum Gasteiger partial charge on any atom is 0.308 e. The van der Waals surface area contributed by atoms with Crippen LogP contribution in [0, 0.1) is 18.8 Å². The zero-order valence-corrected chi connectivity index (χ0v) is 14.3. The second-order valence-corrected chi connectivity index (χ2v) is 6.63. The van der Waals surface area contributed by atoms with Crippen molar-refractivity contribution in [2.24, 2.45) is 11.8 Å². The molecule has 0 aliphatic carbocycles. The standard InChI is InChI=1S/C19H27NO4/c1-14-3-2-4-16(11-14)12-17(19(22)23)13-20-18(21)6-5-15-7-9-24-10-8-15/h2-4,11,15,17H,5-10,12-13H2,1H3,(H,20,21)(H,22,23)/t17-/m0/s1. The molecule has 0 aromatic heterocycles. The van der Waals surface area contributed by atoms with E-state index in [0.29, 0.717) is 18.8 Å². The molecule has 1 saturated heterocycles. The SMILES string of the molecule is Cc1cccc(C[C@@H](CNC(=O)CCC2CCOCC2)C(=O)O)c1. The molecule has 1 fully saturated rings. The van der Waals surface area contributed by atoms with Crippen molar-refractivity contribution in [3.8, 4) is 0 Å². The van der Waals surface area contributed by atoms with Crippen LogP contribution in [0.1, 0.15) is 36.8 Å². The number of carbonyl (C=O) groups excluding carboxylic acids is 1. The molecule has 24 heavy (non-hydrogen) atoms. The Kier molecular flexibility index (Phi) is 7.25. The van der Waals surface area contributed by atoms with Crippen LogP contribution in [0.15, 0.2) is 24.3 Å². The van der Waals surface area contributed by atoms with Crippen LogP contribution < -0.4 is 5.32 Å². The topological polar surface area (TPSA) is 75.6 Å². The maximum atomic E-state index is 12.0. The first-order valence-corrected chi connectivity index (χ1v) is 8.67. The lowest BCUT2D eigenvalue weighted by Crippen LogP contribution is -2.34. The van der Waals surface area contributed by atoms with Gasteiger partial charge in [0, 0.05) is 26.2 Å². The second-order valence-electron chi connectivity index (χ2n) is 6.63.